The lowest BCUT2D eigenvalue weighted by Crippen LogP contribution is -2.43. The first-order valence-corrected chi connectivity index (χ1v) is 10.1. The molecule has 2 N–H and O–H groups in total. The Labute approximate surface area is 181 Å². The summed E-state index contributed by atoms with van der Waals surface area (Å²) in [5, 5.41) is 12.6. The van der Waals surface area contributed by atoms with E-state index in [-0.39, 0.29) is 31.4 Å². The minimum Gasteiger partial charge on any atom is -0.493 e. The van der Waals surface area contributed by atoms with Gasteiger partial charge in [0.1, 0.15) is 0 Å². The van der Waals surface area contributed by atoms with Crippen LogP contribution in [0.3, 0.4) is 0 Å². The smallest absolute Gasteiger partial charge is 0.227 e. The maximum atomic E-state index is 12.8. The van der Waals surface area contributed by atoms with Crippen LogP contribution in [0.4, 0.5) is 5.69 Å². The number of rotatable bonds is 9. The summed E-state index contributed by atoms with van der Waals surface area (Å²) in [6, 6.07) is 12.6. The number of ether oxygens (including phenoxy) is 3. The minimum atomic E-state index is -0.517. The number of methoxy groups -OCH3 is 3. The van der Waals surface area contributed by atoms with Gasteiger partial charge in [-0.1, -0.05) is 30.3 Å². The highest BCUT2D eigenvalue weighted by molar-refractivity contribution is 6.00. The van der Waals surface area contributed by atoms with E-state index in [4.69, 9.17) is 14.2 Å². The van der Waals surface area contributed by atoms with E-state index < -0.39 is 12.0 Å². The van der Waals surface area contributed by atoms with Crippen molar-refractivity contribution in [2.45, 2.75) is 18.9 Å². The number of aliphatic hydroxyl groups excluding tert-OH is 1. The fourth-order valence-corrected chi connectivity index (χ4v) is 3.73. The van der Waals surface area contributed by atoms with Gasteiger partial charge in [-0.3, -0.25) is 9.59 Å². The van der Waals surface area contributed by atoms with Gasteiger partial charge in [-0.15, -0.1) is 0 Å². The van der Waals surface area contributed by atoms with Crippen molar-refractivity contribution < 1.29 is 28.9 Å². The van der Waals surface area contributed by atoms with Crippen LogP contribution in [0, 0.1) is 5.92 Å². The molecule has 1 heterocycles. The van der Waals surface area contributed by atoms with Crippen LogP contribution in [0.1, 0.15) is 12.0 Å². The van der Waals surface area contributed by atoms with E-state index >= 15 is 0 Å². The normalized spacial score (nSPS) is 16.7. The van der Waals surface area contributed by atoms with E-state index in [1.807, 2.05) is 30.3 Å². The summed E-state index contributed by atoms with van der Waals surface area (Å²) < 4.78 is 16.1. The summed E-state index contributed by atoms with van der Waals surface area (Å²) in [4.78, 5) is 27.0. The summed E-state index contributed by atoms with van der Waals surface area (Å²) in [5.41, 5.74) is 1.58. The quantitative estimate of drug-likeness (QED) is 0.632. The molecule has 0 aliphatic carbocycles. The molecule has 2 aromatic rings. The number of hydrogen-bond donors (Lipinski definition) is 2. The first-order chi connectivity index (χ1) is 15.0. The zero-order valence-electron chi connectivity index (χ0n) is 18.0. The van der Waals surface area contributed by atoms with Gasteiger partial charge in [0.25, 0.3) is 0 Å². The molecule has 1 saturated heterocycles. The Balaban J connectivity index is 1.71. The number of nitrogens with one attached hydrogen (secondary N) is 1. The van der Waals surface area contributed by atoms with Crippen LogP contribution in [0.25, 0.3) is 0 Å². The first kappa shape index (κ1) is 22.4. The van der Waals surface area contributed by atoms with E-state index in [2.05, 4.69) is 5.32 Å². The average Bonchev–Trinajstić information content (AvgIpc) is 3.19. The minimum absolute atomic E-state index is 0.0893. The number of anilines is 1. The molecule has 31 heavy (non-hydrogen) atoms. The second-order valence-corrected chi connectivity index (χ2v) is 7.37. The molecule has 0 saturated carbocycles. The zero-order valence-corrected chi connectivity index (χ0v) is 18.0. The number of nitrogens with zero attached hydrogens (tertiary/aromatic N) is 1. The molecule has 0 radical (unpaired) electrons. The third kappa shape index (κ3) is 5.08. The fraction of sp³-hybridized carbons (Fsp3) is 0.391. The number of aliphatic hydroxyl groups is 1. The van der Waals surface area contributed by atoms with Crippen LogP contribution in [0.2, 0.25) is 0 Å². The highest BCUT2D eigenvalue weighted by atomic mass is 16.5. The summed E-state index contributed by atoms with van der Waals surface area (Å²) in [5.74, 6) is 0.357. The molecule has 0 unspecified atom stereocenters. The molecule has 2 atom stereocenters. The first-order valence-electron chi connectivity index (χ1n) is 10.1. The summed E-state index contributed by atoms with van der Waals surface area (Å²) in [6.07, 6.45) is 0.603. The highest BCUT2D eigenvalue weighted by Crippen LogP contribution is 2.42. The van der Waals surface area contributed by atoms with Gasteiger partial charge in [-0.05, 0) is 12.0 Å². The van der Waals surface area contributed by atoms with Gasteiger partial charge in [-0.25, -0.2) is 0 Å². The van der Waals surface area contributed by atoms with Crippen LogP contribution in [-0.2, 0) is 16.0 Å². The fourth-order valence-electron chi connectivity index (χ4n) is 3.73. The topological polar surface area (TPSA) is 97.3 Å². The van der Waals surface area contributed by atoms with Crippen LogP contribution < -0.4 is 24.4 Å². The van der Waals surface area contributed by atoms with Gasteiger partial charge in [0.2, 0.25) is 17.6 Å². The highest BCUT2D eigenvalue weighted by Gasteiger charge is 2.36. The van der Waals surface area contributed by atoms with Crippen LogP contribution in [-0.4, -0.2) is 57.4 Å². The molecule has 3 rings (SSSR count). The molecule has 0 aromatic heterocycles. The van der Waals surface area contributed by atoms with Crippen molar-refractivity contribution in [1.82, 2.24) is 5.32 Å². The molecule has 0 spiro atoms. The SMILES string of the molecule is COc1cc(N2C[C@H](C(=O)N[C@H](CO)Cc3ccccc3)CC2=O)cc(OC)c1OC. The average molecular weight is 428 g/mol. The number of carbonyl (C=O) groups is 2. The summed E-state index contributed by atoms with van der Waals surface area (Å²) >= 11 is 0. The maximum Gasteiger partial charge on any atom is 0.227 e. The number of carbonyl (C=O) groups excluding carboxylic acids is 2. The van der Waals surface area contributed by atoms with Crippen LogP contribution in [0.5, 0.6) is 17.2 Å². The number of benzene rings is 2. The summed E-state index contributed by atoms with van der Waals surface area (Å²) in [7, 11) is 4.52. The van der Waals surface area contributed by atoms with Gasteiger partial charge >= 0.3 is 0 Å². The lowest BCUT2D eigenvalue weighted by molar-refractivity contribution is -0.127. The van der Waals surface area contributed by atoms with Crippen molar-refractivity contribution in [1.29, 1.82) is 0 Å². The lowest BCUT2D eigenvalue weighted by Gasteiger charge is -2.21. The van der Waals surface area contributed by atoms with Gasteiger partial charge < -0.3 is 29.5 Å². The molecule has 1 aliphatic rings. The Morgan fingerprint density at radius 1 is 1.13 bits per heavy atom. The molecule has 1 fully saturated rings. The van der Waals surface area contributed by atoms with Gasteiger partial charge in [0, 0.05) is 25.1 Å². The standard InChI is InChI=1S/C23H28N2O6/c1-29-19-11-18(12-20(30-2)22(19)31-3)25-13-16(10-21(25)27)23(28)24-17(14-26)9-15-7-5-4-6-8-15/h4-8,11-12,16-17,26H,9-10,13-14H2,1-3H3,(H,24,28)/t16-,17+/m1/s1. The van der Waals surface area contributed by atoms with Crippen molar-refractivity contribution in [3.63, 3.8) is 0 Å². The third-order valence-electron chi connectivity index (χ3n) is 5.35. The van der Waals surface area contributed by atoms with Gasteiger partial charge in [-0.2, -0.15) is 0 Å². The van der Waals surface area contributed by atoms with Gasteiger partial charge in [0.05, 0.1) is 45.6 Å². The van der Waals surface area contributed by atoms with Crippen LogP contribution >= 0.6 is 0 Å². The molecule has 8 nitrogen and oxygen atoms in total. The Hall–Kier alpha value is -3.26. The monoisotopic (exact) mass is 428 g/mol. The van der Waals surface area contributed by atoms with Crippen molar-refractivity contribution in [2.24, 2.45) is 5.92 Å². The Bertz CT molecular complexity index is 893. The largest absolute Gasteiger partial charge is 0.493 e. The predicted octanol–water partition coefficient (Wildman–Crippen LogP) is 1.79. The lowest BCUT2D eigenvalue weighted by atomic mass is 10.0. The zero-order chi connectivity index (χ0) is 22.4. The predicted molar refractivity (Wildman–Crippen MR) is 116 cm³/mol. The molecule has 2 aromatic carbocycles. The Kier molecular flexibility index (Phi) is 7.36. The molecular formula is C23H28N2O6. The van der Waals surface area contributed by atoms with Crippen molar-refractivity contribution in [2.75, 3.05) is 39.4 Å². The molecule has 166 valence electrons. The maximum absolute atomic E-state index is 12.8. The molecule has 8 heteroatoms. The number of amides is 2. The Morgan fingerprint density at radius 3 is 2.32 bits per heavy atom. The van der Waals surface area contributed by atoms with E-state index in [0.717, 1.165) is 5.56 Å². The van der Waals surface area contributed by atoms with Gasteiger partial charge in [0.15, 0.2) is 11.5 Å². The van der Waals surface area contributed by atoms with E-state index in [0.29, 0.717) is 29.4 Å². The second-order valence-electron chi connectivity index (χ2n) is 7.37. The number of hydrogen-bond acceptors (Lipinski definition) is 6. The van der Waals surface area contributed by atoms with E-state index in [1.165, 1.54) is 21.3 Å². The van der Waals surface area contributed by atoms with E-state index in [9.17, 15) is 14.7 Å². The van der Waals surface area contributed by atoms with E-state index in [1.54, 1.807) is 17.0 Å². The van der Waals surface area contributed by atoms with Crippen molar-refractivity contribution in [3.05, 3.63) is 48.0 Å². The third-order valence-corrected chi connectivity index (χ3v) is 5.35. The van der Waals surface area contributed by atoms with Crippen molar-refractivity contribution in [3.8, 4) is 17.2 Å². The molecule has 0 bridgehead atoms. The molecule has 2 amide bonds. The van der Waals surface area contributed by atoms with Crippen LogP contribution in [0.15, 0.2) is 42.5 Å². The Morgan fingerprint density at radius 2 is 1.77 bits per heavy atom. The van der Waals surface area contributed by atoms with Crippen molar-refractivity contribution >= 4 is 17.5 Å². The molecular weight excluding hydrogens is 400 g/mol. The molecule has 1 aliphatic heterocycles. The summed E-state index contributed by atoms with van der Waals surface area (Å²) in [6.45, 7) is 0.0463. The second kappa shape index (κ2) is 10.2.